The Kier molecular flexibility index (Phi) is 5.03. The molecule has 1 N–H and O–H groups in total. The second-order valence-electron chi connectivity index (χ2n) is 5.70. The minimum Gasteiger partial charge on any atom is -0.331 e. The fraction of sp³-hybridized carbons (Fsp3) is 0.353. The van der Waals surface area contributed by atoms with Crippen molar-refractivity contribution in [1.29, 1.82) is 0 Å². The maximum absolute atomic E-state index is 12.8. The van der Waals surface area contributed by atoms with E-state index >= 15 is 0 Å². The molecule has 1 amide bonds. The molecular weight excluding hydrogens is 344 g/mol. The quantitative estimate of drug-likeness (QED) is 0.887. The fourth-order valence-corrected chi connectivity index (χ4v) is 4.92. The van der Waals surface area contributed by atoms with Gasteiger partial charge in [-0.3, -0.25) is 4.79 Å². The summed E-state index contributed by atoms with van der Waals surface area (Å²) in [5.74, 6) is -0.0432. The van der Waals surface area contributed by atoms with E-state index in [1.54, 1.807) is 30.4 Å². The summed E-state index contributed by atoms with van der Waals surface area (Å²) in [5, 5.41) is 2.02. The largest absolute Gasteiger partial charge is 0.331 e. The van der Waals surface area contributed by atoms with E-state index in [1.807, 2.05) is 16.3 Å². The molecule has 0 saturated carbocycles. The first-order chi connectivity index (χ1) is 11.5. The Labute approximate surface area is 146 Å². The lowest BCUT2D eigenvalue weighted by Gasteiger charge is -2.24. The number of likely N-dealkylation sites (tertiary alicyclic amines) is 1. The number of carbonyl (C=O) groups is 1. The summed E-state index contributed by atoms with van der Waals surface area (Å²) < 4.78 is 26.4. The van der Waals surface area contributed by atoms with E-state index in [9.17, 15) is 13.2 Å². The monoisotopic (exact) mass is 364 g/mol. The van der Waals surface area contributed by atoms with Crippen molar-refractivity contribution in [3.05, 3.63) is 52.2 Å². The number of nitrogens with one attached hydrogen (secondary N) is 1. The lowest BCUT2D eigenvalue weighted by atomic mass is 10.1. The Morgan fingerprint density at radius 3 is 2.67 bits per heavy atom. The fourth-order valence-electron chi connectivity index (χ4n) is 3.00. The highest BCUT2D eigenvalue weighted by atomic mass is 32.2. The normalized spacial score (nSPS) is 18.0. The third-order valence-electron chi connectivity index (χ3n) is 4.13. The first-order valence-corrected chi connectivity index (χ1v) is 10.3. The lowest BCUT2D eigenvalue weighted by Crippen LogP contribution is -2.30. The van der Waals surface area contributed by atoms with Gasteiger partial charge in [-0.25, -0.2) is 13.1 Å². The number of carbonyl (C=O) groups excluding carboxylic acids is 1. The van der Waals surface area contributed by atoms with Crippen molar-refractivity contribution in [2.75, 3.05) is 13.1 Å². The maximum atomic E-state index is 12.8. The van der Waals surface area contributed by atoms with Crippen LogP contribution in [0.3, 0.4) is 0 Å². The van der Waals surface area contributed by atoms with E-state index in [0.717, 1.165) is 19.4 Å². The summed E-state index contributed by atoms with van der Waals surface area (Å²) in [6.07, 6.45) is 1.96. The molecule has 2 aromatic rings. The van der Waals surface area contributed by atoms with Crippen molar-refractivity contribution in [1.82, 2.24) is 9.62 Å². The summed E-state index contributed by atoms with van der Waals surface area (Å²) in [4.78, 5) is 16.1. The van der Waals surface area contributed by atoms with Crippen LogP contribution in [0.25, 0.3) is 0 Å². The summed E-state index contributed by atoms with van der Waals surface area (Å²) in [7, 11) is -3.49. The molecule has 7 heteroatoms. The van der Waals surface area contributed by atoms with Gasteiger partial charge in [-0.05, 0) is 48.6 Å². The number of amides is 1. The smallest absolute Gasteiger partial charge is 0.254 e. The maximum Gasteiger partial charge on any atom is 0.254 e. The molecule has 1 aliphatic rings. The third-order valence-corrected chi connectivity index (χ3v) is 6.67. The molecule has 0 aliphatic carbocycles. The SMILES string of the molecule is CCNS(=O)(=O)c1ccc(C(=O)N2CCCC2c2cccs2)cc1. The Morgan fingerprint density at radius 1 is 1.29 bits per heavy atom. The third kappa shape index (κ3) is 3.38. The van der Waals surface area contributed by atoms with Crippen LogP contribution in [0.5, 0.6) is 0 Å². The highest BCUT2D eigenvalue weighted by molar-refractivity contribution is 7.89. The van der Waals surface area contributed by atoms with Gasteiger partial charge in [0.25, 0.3) is 5.91 Å². The Balaban J connectivity index is 1.80. The predicted octanol–water partition coefficient (Wildman–Crippen LogP) is 3.02. The van der Waals surface area contributed by atoms with Gasteiger partial charge in [0.2, 0.25) is 10.0 Å². The highest BCUT2D eigenvalue weighted by Gasteiger charge is 2.31. The number of nitrogens with zero attached hydrogens (tertiary/aromatic N) is 1. The van der Waals surface area contributed by atoms with Crippen molar-refractivity contribution in [3.63, 3.8) is 0 Å². The van der Waals surface area contributed by atoms with Crippen LogP contribution in [0.1, 0.15) is 41.0 Å². The van der Waals surface area contributed by atoms with Gasteiger partial charge >= 0.3 is 0 Å². The lowest BCUT2D eigenvalue weighted by molar-refractivity contribution is 0.0738. The van der Waals surface area contributed by atoms with Crippen LogP contribution in [-0.4, -0.2) is 32.3 Å². The van der Waals surface area contributed by atoms with Crippen molar-refractivity contribution < 1.29 is 13.2 Å². The Morgan fingerprint density at radius 2 is 2.04 bits per heavy atom. The molecule has 0 bridgehead atoms. The topological polar surface area (TPSA) is 66.5 Å². The molecule has 1 fully saturated rings. The number of hydrogen-bond acceptors (Lipinski definition) is 4. The number of benzene rings is 1. The summed E-state index contributed by atoms with van der Waals surface area (Å²) in [6.45, 7) is 2.80. The van der Waals surface area contributed by atoms with Crippen molar-refractivity contribution in [2.45, 2.75) is 30.7 Å². The highest BCUT2D eigenvalue weighted by Crippen LogP contribution is 2.35. The Hall–Kier alpha value is -1.70. The number of rotatable bonds is 5. The van der Waals surface area contributed by atoms with E-state index in [4.69, 9.17) is 0 Å². The number of sulfonamides is 1. The van der Waals surface area contributed by atoms with E-state index in [2.05, 4.69) is 10.8 Å². The van der Waals surface area contributed by atoms with Gasteiger partial charge in [-0.1, -0.05) is 13.0 Å². The summed E-state index contributed by atoms with van der Waals surface area (Å²) in [5.41, 5.74) is 0.522. The molecule has 1 unspecified atom stereocenters. The molecule has 1 saturated heterocycles. The standard InChI is InChI=1S/C17H20N2O3S2/c1-2-18-24(21,22)14-9-7-13(8-10-14)17(20)19-11-3-5-15(19)16-6-4-12-23-16/h4,6-10,12,15,18H,2-3,5,11H2,1H3. The van der Waals surface area contributed by atoms with Crippen LogP contribution >= 0.6 is 11.3 Å². The summed E-state index contributed by atoms with van der Waals surface area (Å²) >= 11 is 1.67. The molecule has 1 atom stereocenters. The molecule has 5 nitrogen and oxygen atoms in total. The Bertz CT molecular complexity index is 799. The van der Waals surface area contributed by atoms with Crippen LogP contribution in [0.15, 0.2) is 46.7 Å². The molecule has 1 aromatic heterocycles. The summed E-state index contributed by atoms with van der Waals surface area (Å²) in [6, 6.07) is 10.4. The number of thiophene rings is 1. The van der Waals surface area contributed by atoms with E-state index < -0.39 is 10.0 Å². The van der Waals surface area contributed by atoms with Crippen LogP contribution in [0.4, 0.5) is 0 Å². The van der Waals surface area contributed by atoms with Crippen LogP contribution in [0, 0.1) is 0 Å². The van der Waals surface area contributed by atoms with E-state index in [0.29, 0.717) is 12.1 Å². The average molecular weight is 364 g/mol. The molecular formula is C17H20N2O3S2. The minimum absolute atomic E-state index is 0.0432. The molecule has 1 aliphatic heterocycles. The first-order valence-electron chi connectivity index (χ1n) is 7.97. The number of hydrogen-bond donors (Lipinski definition) is 1. The molecule has 3 rings (SSSR count). The second-order valence-corrected chi connectivity index (χ2v) is 8.44. The predicted molar refractivity (Wildman–Crippen MR) is 94.6 cm³/mol. The van der Waals surface area contributed by atoms with Gasteiger partial charge < -0.3 is 4.90 Å². The van der Waals surface area contributed by atoms with Crippen LogP contribution in [0.2, 0.25) is 0 Å². The van der Waals surface area contributed by atoms with E-state index in [1.165, 1.54) is 17.0 Å². The zero-order valence-electron chi connectivity index (χ0n) is 13.4. The zero-order valence-corrected chi connectivity index (χ0v) is 15.1. The van der Waals surface area contributed by atoms with E-state index in [-0.39, 0.29) is 16.8 Å². The van der Waals surface area contributed by atoms with Crippen molar-refractivity contribution in [3.8, 4) is 0 Å². The molecule has 1 aromatic carbocycles. The minimum atomic E-state index is -3.49. The van der Waals surface area contributed by atoms with Gasteiger partial charge in [-0.2, -0.15) is 0 Å². The van der Waals surface area contributed by atoms with Gasteiger partial charge in [-0.15, -0.1) is 11.3 Å². The van der Waals surface area contributed by atoms with Crippen LogP contribution < -0.4 is 4.72 Å². The average Bonchev–Trinajstić information content (AvgIpc) is 3.25. The first kappa shape index (κ1) is 17.1. The van der Waals surface area contributed by atoms with Crippen molar-refractivity contribution >= 4 is 27.3 Å². The van der Waals surface area contributed by atoms with Gasteiger partial charge in [0, 0.05) is 23.5 Å². The van der Waals surface area contributed by atoms with Gasteiger partial charge in [0.15, 0.2) is 0 Å². The van der Waals surface area contributed by atoms with Crippen molar-refractivity contribution in [2.24, 2.45) is 0 Å². The zero-order chi connectivity index (χ0) is 17.2. The van der Waals surface area contributed by atoms with Gasteiger partial charge in [0.05, 0.1) is 10.9 Å². The second kappa shape index (κ2) is 7.04. The van der Waals surface area contributed by atoms with Gasteiger partial charge in [0.1, 0.15) is 0 Å². The molecule has 0 spiro atoms. The van der Waals surface area contributed by atoms with Crippen LogP contribution in [-0.2, 0) is 10.0 Å². The molecule has 2 heterocycles. The molecule has 24 heavy (non-hydrogen) atoms. The molecule has 128 valence electrons. The molecule has 0 radical (unpaired) electrons.